The normalized spacial score (nSPS) is 23.7. The van der Waals surface area contributed by atoms with Crippen molar-refractivity contribution in [2.45, 2.75) is 19.3 Å². The number of nitrogens with zero attached hydrogens (tertiary/aromatic N) is 1. The van der Waals surface area contributed by atoms with Gasteiger partial charge in [-0.3, -0.25) is 9.59 Å². The fourth-order valence-corrected chi connectivity index (χ4v) is 3.32. The van der Waals surface area contributed by atoms with Crippen LogP contribution in [0.3, 0.4) is 0 Å². The van der Waals surface area contributed by atoms with E-state index in [4.69, 9.17) is 0 Å². The molecule has 0 radical (unpaired) electrons. The fourth-order valence-electron chi connectivity index (χ4n) is 3.32. The Morgan fingerprint density at radius 2 is 2.12 bits per heavy atom. The molecule has 2 amide bonds. The number of hydrogen-bond donors (Lipinski definition) is 1. The molecule has 1 unspecified atom stereocenters. The van der Waals surface area contributed by atoms with Crippen LogP contribution in [0.1, 0.15) is 29.6 Å². The van der Waals surface area contributed by atoms with Gasteiger partial charge in [-0.05, 0) is 43.1 Å². The molecular weight excluding hydrogens is 308 g/mol. The minimum absolute atomic E-state index is 0.0455. The summed E-state index contributed by atoms with van der Waals surface area (Å²) in [6.45, 7) is 0. The van der Waals surface area contributed by atoms with E-state index in [1.165, 1.54) is 17.7 Å². The van der Waals surface area contributed by atoms with Gasteiger partial charge in [0.1, 0.15) is 6.26 Å². The Morgan fingerprint density at radius 1 is 1.25 bits per heavy atom. The van der Waals surface area contributed by atoms with Gasteiger partial charge < -0.3 is 9.73 Å². The largest absolute Gasteiger partial charge is 0.430 e. The highest BCUT2D eigenvalue weighted by Crippen LogP contribution is 2.39. The van der Waals surface area contributed by atoms with Gasteiger partial charge >= 0.3 is 5.63 Å². The van der Waals surface area contributed by atoms with Crippen LogP contribution in [0.2, 0.25) is 0 Å². The molecule has 6 heteroatoms. The second kappa shape index (κ2) is 5.56. The van der Waals surface area contributed by atoms with E-state index in [2.05, 4.69) is 14.7 Å². The Hall–Kier alpha value is -3.02. The Bertz CT molecular complexity index is 910. The number of rotatable bonds is 1. The molecule has 120 valence electrons. The molecule has 0 fully saturated rings. The van der Waals surface area contributed by atoms with Crippen molar-refractivity contribution in [1.29, 1.82) is 0 Å². The first-order valence-electron chi connectivity index (χ1n) is 7.77. The van der Waals surface area contributed by atoms with Crippen LogP contribution >= 0.6 is 0 Å². The summed E-state index contributed by atoms with van der Waals surface area (Å²) >= 11 is 0. The monoisotopic (exact) mass is 322 g/mol. The minimum atomic E-state index is -0.521. The van der Waals surface area contributed by atoms with Crippen LogP contribution in [0, 0.1) is 5.92 Å². The van der Waals surface area contributed by atoms with Crippen molar-refractivity contribution in [2.75, 3.05) is 0 Å². The fraction of sp³-hybridized carbons (Fsp3) is 0.222. The molecule has 2 heterocycles. The van der Waals surface area contributed by atoms with Gasteiger partial charge in [0.05, 0.1) is 11.3 Å². The molecule has 3 aliphatic rings. The lowest BCUT2D eigenvalue weighted by molar-refractivity contribution is -0.117. The Kier molecular flexibility index (Phi) is 3.37. The SMILES string of the molecule is O=C1NC2=CC(=NC(=O)c3ccc(=O)oc3)C=CC2C2=C1CCC2. The predicted octanol–water partition coefficient (Wildman–Crippen LogP) is 1.90. The van der Waals surface area contributed by atoms with Crippen LogP contribution in [0.15, 0.2) is 67.7 Å². The number of carbonyl (C=O) groups excluding carboxylic acids is 2. The van der Waals surface area contributed by atoms with Crippen LogP contribution in [0.5, 0.6) is 0 Å². The number of hydrogen-bond acceptors (Lipinski definition) is 4. The summed E-state index contributed by atoms with van der Waals surface area (Å²) in [4.78, 5) is 39.2. The van der Waals surface area contributed by atoms with Gasteiger partial charge in [0.25, 0.3) is 11.8 Å². The van der Waals surface area contributed by atoms with Gasteiger partial charge in [-0.2, -0.15) is 0 Å². The van der Waals surface area contributed by atoms with Crippen molar-refractivity contribution in [3.05, 3.63) is 69.5 Å². The van der Waals surface area contributed by atoms with E-state index in [-0.39, 0.29) is 17.4 Å². The Labute approximate surface area is 137 Å². The summed E-state index contributed by atoms with van der Waals surface area (Å²) in [7, 11) is 0. The lowest BCUT2D eigenvalue weighted by atomic mass is 9.85. The van der Waals surface area contributed by atoms with Crippen LogP contribution in [0.25, 0.3) is 0 Å². The molecule has 1 aliphatic heterocycles. The molecule has 2 aliphatic carbocycles. The number of nitrogens with one attached hydrogen (secondary N) is 1. The molecule has 1 aromatic rings. The summed E-state index contributed by atoms with van der Waals surface area (Å²) < 4.78 is 4.67. The van der Waals surface area contributed by atoms with E-state index in [9.17, 15) is 14.4 Å². The quantitative estimate of drug-likeness (QED) is 0.855. The van der Waals surface area contributed by atoms with Crippen molar-refractivity contribution in [2.24, 2.45) is 10.9 Å². The molecule has 1 aromatic heterocycles. The summed E-state index contributed by atoms with van der Waals surface area (Å²) in [5, 5.41) is 2.90. The maximum Gasteiger partial charge on any atom is 0.335 e. The molecule has 0 saturated carbocycles. The molecule has 24 heavy (non-hydrogen) atoms. The first-order valence-corrected chi connectivity index (χ1v) is 7.77. The second-order valence-corrected chi connectivity index (χ2v) is 5.93. The average Bonchev–Trinajstić information content (AvgIpc) is 3.06. The zero-order chi connectivity index (χ0) is 16.7. The highest BCUT2D eigenvalue weighted by atomic mass is 16.4. The number of aliphatic imine (C=N–C) groups is 1. The first kappa shape index (κ1) is 14.6. The van der Waals surface area contributed by atoms with Crippen LogP contribution in [-0.4, -0.2) is 17.5 Å². The third-order valence-corrected chi connectivity index (χ3v) is 4.44. The summed E-state index contributed by atoms with van der Waals surface area (Å²) in [6.07, 6.45) is 9.34. The standard InChI is InChI=1S/C18H14N2O4/c21-16-7-4-10(9-24-16)17(22)19-11-5-6-13-12-2-1-3-14(12)18(23)20-15(13)8-11/h4-9,13H,1-3H2,(H,20,23). The first-order chi connectivity index (χ1) is 11.6. The maximum absolute atomic E-state index is 12.1. The molecular formula is C18H14N2O4. The van der Waals surface area contributed by atoms with E-state index < -0.39 is 11.5 Å². The van der Waals surface area contributed by atoms with Gasteiger partial charge in [0, 0.05) is 23.3 Å². The van der Waals surface area contributed by atoms with Gasteiger partial charge in [-0.15, -0.1) is 0 Å². The topological polar surface area (TPSA) is 88.7 Å². The van der Waals surface area contributed by atoms with Gasteiger partial charge in [-0.1, -0.05) is 6.08 Å². The van der Waals surface area contributed by atoms with E-state index in [1.807, 2.05) is 6.08 Å². The van der Waals surface area contributed by atoms with E-state index in [0.717, 1.165) is 36.8 Å². The highest BCUT2D eigenvalue weighted by molar-refractivity contribution is 6.14. The number of allylic oxidation sites excluding steroid dienone is 3. The summed E-state index contributed by atoms with van der Waals surface area (Å²) in [6, 6.07) is 2.55. The summed E-state index contributed by atoms with van der Waals surface area (Å²) in [5.74, 6) is -0.476. The van der Waals surface area contributed by atoms with Crippen molar-refractivity contribution in [3.63, 3.8) is 0 Å². The number of carbonyl (C=O) groups is 2. The second-order valence-electron chi connectivity index (χ2n) is 5.93. The predicted molar refractivity (Wildman–Crippen MR) is 86.5 cm³/mol. The maximum atomic E-state index is 12.1. The molecule has 4 rings (SSSR count). The molecule has 6 nitrogen and oxygen atoms in total. The van der Waals surface area contributed by atoms with Gasteiger partial charge in [0.15, 0.2) is 0 Å². The zero-order valence-corrected chi connectivity index (χ0v) is 12.7. The van der Waals surface area contributed by atoms with E-state index >= 15 is 0 Å². The molecule has 1 N–H and O–H groups in total. The minimum Gasteiger partial charge on any atom is -0.430 e. The Morgan fingerprint density at radius 3 is 2.92 bits per heavy atom. The molecule has 0 aromatic carbocycles. The van der Waals surface area contributed by atoms with Crippen LogP contribution in [-0.2, 0) is 4.79 Å². The molecule has 0 saturated heterocycles. The Balaban J connectivity index is 1.63. The van der Waals surface area contributed by atoms with Crippen molar-refractivity contribution in [3.8, 4) is 0 Å². The zero-order valence-electron chi connectivity index (χ0n) is 12.7. The smallest absolute Gasteiger partial charge is 0.335 e. The van der Waals surface area contributed by atoms with E-state index in [1.54, 1.807) is 12.2 Å². The lowest BCUT2D eigenvalue weighted by Gasteiger charge is -2.28. The van der Waals surface area contributed by atoms with Crippen LogP contribution in [0.4, 0.5) is 0 Å². The van der Waals surface area contributed by atoms with E-state index in [0.29, 0.717) is 5.71 Å². The third-order valence-electron chi connectivity index (χ3n) is 4.44. The van der Waals surface area contributed by atoms with Crippen molar-refractivity contribution < 1.29 is 14.0 Å². The molecule has 0 spiro atoms. The average molecular weight is 322 g/mol. The highest BCUT2D eigenvalue weighted by Gasteiger charge is 2.34. The summed E-state index contributed by atoms with van der Waals surface area (Å²) in [5.41, 5.74) is 2.97. The van der Waals surface area contributed by atoms with Gasteiger partial charge in [-0.25, -0.2) is 9.79 Å². The van der Waals surface area contributed by atoms with Crippen molar-refractivity contribution in [1.82, 2.24) is 5.32 Å². The number of fused-ring (bicyclic) bond motifs is 2. The molecule has 1 atom stereocenters. The van der Waals surface area contributed by atoms with Crippen LogP contribution < -0.4 is 10.9 Å². The molecule has 0 bridgehead atoms. The third kappa shape index (κ3) is 2.46. The lowest BCUT2D eigenvalue weighted by Crippen LogP contribution is -2.35. The number of amides is 2. The van der Waals surface area contributed by atoms with Gasteiger partial charge in [0.2, 0.25) is 0 Å². The van der Waals surface area contributed by atoms with Crippen molar-refractivity contribution >= 4 is 17.5 Å².